The van der Waals surface area contributed by atoms with Crippen LogP contribution in [0.3, 0.4) is 0 Å². The average molecular weight is 292 g/mol. The minimum atomic E-state index is -0.767. The number of carbonyl (C=O) groups is 2. The van der Waals surface area contributed by atoms with Crippen LogP contribution in [0.4, 0.5) is 0 Å². The molecule has 0 fully saturated rings. The lowest BCUT2D eigenvalue weighted by molar-refractivity contribution is -0.124. The molecule has 0 radical (unpaired) electrons. The van der Waals surface area contributed by atoms with E-state index in [1.807, 2.05) is 0 Å². The number of ether oxygens (including phenoxy) is 1. The predicted octanol–water partition coefficient (Wildman–Crippen LogP) is 3.33. The maximum Gasteiger partial charge on any atom is 0.340 e. The zero-order valence-corrected chi connectivity index (χ0v) is 12.2. The van der Waals surface area contributed by atoms with Crippen LogP contribution in [0.5, 0.6) is 0 Å². The Morgan fingerprint density at radius 1 is 1.30 bits per heavy atom. The number of aryl methyl sites for hydroxylation is 1. The van der Waals surface area contributed by atoms with Gasteiger partial charge >= 0.3 is 5.97 Å². The van der Waals surface area contributed by atoms with Crippen molar-refractivity contribution >= 4 is 34.3 Å². The molecule has 0 bridgehead atoms. The Kier molecular flexibility index (Phi) is 4.04. The Labute approximate surface area is 121 Å². The number of carbonyl (C=O) groups excluding carboxylic acids is 2. The van der Waals surface area contributed by atoms with Crippen LogP contribution in [0, 0.1) is 6.92 Å². The third kappa shape index (κ3) is 2.96. The van der Waals surface area contributed by atoms with E-state index in [0.717, 1.165) is 10.9 Å². The molecule has 4 nitrogen and oxygen atoms in total. The zero-order chi connectivity index (χ0) is 14.9. The van der Waals surface area contributed by atoms with Crippen molar-refractivity contribution in [1.82, 2.24) is 4.98 Å². The van der Waals surface area contributed by atoms with Crippen LogP contribution in [0.15, 0.2) is 24.3 Å². The number of hydrogen-bond donors (Lipinski definition) is 0. The van der Waals surface area contributed by atoms with Crippen LogP contribution in [0.2, 0.25) is 5.02 Å². The fourth-order valence-corrected chi connectivity index (χ4v) is 1.94. The molecule has 0 aliphatic heterocycles. The highest BCUT2D eigenvalue weighted by atomic mass is 35.5. The number of pyridine rings is 1. The second-order valence-electron chi connectivity index (χ2n) is 4.62. The number of benzene rings is 1. The minimum Gasteiger partial charge on any atom is -0.451 e. The Hall–Kier alpha value is -1.94. The summed E-state index contributed by atoms with van der Waals surface area (Å²) in [6.45, 7) is 4.65. The molecule has 0 amide bonds. The normalized spacial score (nSPS) is 12.2. The van der Waals surface area contributed by atoms with Crippen LogP contribution < -0.4 is 0 Å². The molecular weight excluding hydrogens is 278 g/mol. The molecule has 0 saturated carbocycles. The first-order valence-corrected chi connectivity index (χ1v) is 6.54. The van der Waals surface area contributed by atoms with Crippen LogP contribution in [-0.2, 0) is 9.53 Å². The molecule has 0 N–H and O–H groups in total. The largest absolute Gasteiger partial charge is 0.451 e. The number of halogens is 1. The lowest BCUT2D eigenvalue weighted by Crippen LogP contribution is -2.22. The van der Waals surface area contributed by atoms with E-state index in [1.165, 1.54) is 6.92 Å². The number of Topliss-reactive ketones (excluding diaryl/α,β-unsaturated/α-hetero) is 1. The second-order valence-corrected chi connectivity index (χ2v) is 5.05. The Morgan fingerprint density at radius 3 is 2.65 bits per heavy atom. The Balaban J connectivity index is 2.40. The van der Waals surface area contributed by atoms with Gasteiger partial charge in [0, 0.05) is 10.4 Å². The van der Waals surface area contributed by atoms with Crippen molar-refractivity contribution in [2.45, 2.75) is 26.9 Å². The van der Waals surface area contributed by atoms with Gasteiger partial charge in [-0.1, -0.05) is 11.6 Å². The van der Waals surface area contributed by atoms with E-state index in [-0.39, 0.29) is 5.78 Å². The average Bonchev–Trinajstić information content (AvgIpc) is 2.38. The smallest absolute Gasteiger partial charge is 0.340 e. The van der Waals surface area contributed by atoms with E-state index in [4.69, 9.17) is 16.3 Å². The van der Waals surface area contributed by atoms with Crippen molar-refractivity contribution in [3.05, 3.63) is 40.5 Å². The molecule has 2 rings (SSSR count). The maximum atomic E-state index is 12.1. The van der Waals surface area contributed by atoms with Gasteiger partial charge in [-0.25, -0.2) is 4.79 Å². The second kappa shape index (κ2) is 5.59. The Bertz CT molecular complexity index is 697. The van der Waals surface area contributed by atoms with Crippen LogP contribution >= 0.6 is 11.6 Å². The maximum absolute atomic E-state index is 12.1. The molecule has 1 heterocycles. The third-order valence-electron chi connectivity index (χ3n) is 3.04. The quantitative estimate of drug-likeness (QED) is 0.814. The molecule has 1 atom stereocenters. The van der Waals surface area contributed by atoms with E-state index >= 15 is 0 Å². The highest BCUT2D eigenvalue weighted by Crippen LogP contribution is 2.21. The zero-order valence-electron chi connectivity index (χ0n) is 11.4. The van der Waals surface area contributed by atoms with Gasteiger partial charge in [-0.3, -0.25) is 9.78 Å². The van der Waals surface area contributed by atoms with E-state index in [9.17, 15) is 9.59 Å². The van der Waals surface area contributed by atoms with Crippen molar-refractivity contribution in [2.24, 2.45) is 0 Å². The minimum absolute atomic E-state index is 0.201. The lowest BCUT2D eigenvalue weighted by Gasteiger charge is -2.12. The summed E-state index contributed by atoms with van der Waals surface area (Å²) < 4.78 is 5.10. The molecule has 20 heavy (non-hydrogen) atoms. The molecule has 1 aromatic carbocycles. The summed E-state index contributed by atoms with van der Waals surface area (Å²) in [5.74, 6) is -0.757. The Morgan fingerprint density at radius 2 is 2.00 bits per heavy atom. The van der Waals surface area contributed by atoms with E-state index in [1.54, 1.807) is 38.1 Å². The van der Waals surface area contributed by atoms with Gasteiger partial charge < -0.3 is 4.74 Å². The highest BCUT2D eigenvalue weighted by molar-refractivity contribution is 6.31. The molecule has 0 aliphatic rings. The van der Waals surface area contributed by atoms with Gasteiger partial charge in [0.25, 0.3) is 0 Å². The van der Waals surface area contributed by atoms with Gasteiger partial charge in [-0.2, -0.15) is 0 Å². The van der Waals surface area contributed by atoms with Crippen molar-refractivity contribution in [2.75, 3.05) is 0 Å². The van der Waals surface area contributed by atoms with E-state index < -0.39 is 12.1 Å². The summed E-state index contributed by atoms with van der Waals surface area (Å²) in [4.78, 5) is 27.5. The van der Waals surface area contributed by atoms with Crippen molar-refractivity contribution < 1.29 is 14.3 Å². The van der Waals surface area contributed by atoms with Crippen molar-refractivity contribution in [1.29, 1.82) is 0 Å². The first-order chi connectivity index (χ1) is 9.38. The third-order valence-corrected chi connectivity index (χ3v) is 3.28. The molecule has 0 unspecified atom stereocenters. The first kappa shape index (κ1) is 14.5. The summed E-state index contributed by atoms with van der Waals surface area (Å²) in [5, 5.41) is 1.32. The number of aromatic nitrogens is 1. The SMILES string of the molecule is CC(=O)[C@@H](C)OC(=O)c1cc2cc(Cl)ccc2nc1C. The number of nitrogens with zero attached hydrogens (tertiary/aromatic N) is 1. The molecule has 104 valence electrons. The number of ketones is 1. The summed E-state index contributed by atoms with van der Waals surface area (Å²) in [6.07, 6.45) is -0.767. The standard InChI is InChI=1S/C15H14ClNO3/c1-8-13(15(19)20-10(3)9(2)18)7-11-6-12(16)4-5-14(11)17-8/h4-7,10H,1-3H3/t10-/m1/s1. The topological polar surface area (TPSA) is 56.3 Å². The fourth-order valence-electron chi connectivity index (χ4n) is 1.76. The van der Waals surface area contributed by atoms with Gasteiger partial charge in [0.05, 0.1) is 16.8 Å². The van der Waals surface area contributed by atoms with Gasteiger partial charge in [-0.15, -0.1) is 0 Å². The number of hydrogen-bond acceptors (Lipinski definition) is 4. The monoisotopic (exact) mass is 291 g/mol. The van der Waals surface area contributed by atoms with Gasteiger partial charge in [-0.05, 0) is 45.0 Å². The number of rotatable bonds is 3. The molecule has 5 heteroatoms. The van der Waals surface area contributed by atoms with Crippen LogP contribution in [-0.4, -0.2) is 22.8 Å². The molecule has 0 spiro atoms. The van der Waals surface area contributed by atoms with E-state index in [2.05, 4.69) is 4.98 Å². The van der Waals surface area contributed by atoms with Gasteiger partial charge in [0.15, 0.2) is 11.9 Å². The van der Waals surface area contributed by atoms with Crippen LogP contribution in [0.1, 0.15) is 29.9 Å². The first-order valence-electron chi connectivity index (χ1n) is 6.17. The van der Waals surface area contributed by atoms with E-state index in [0.29, 0.717) is 16.3 Å². The molecular formula is C15H14ClNO3. The summed E-state index contributed by atoms with van der Waals surface area (Å²) >= 11 is 5.93. The highest BCUT2D eigenvalue weighted by Gasteiger charge is 2.18. The van der Waals surface area contributed by atoms with Gasteiger partial charge in [0.2, 0.25) is 0 Å². The summed E-state index contributed by atoms with van der Waals surface area (Å²) in [7, 11) is 0. The number of fused-ring (bicyclic) bond motifs is 1. The molecule has 2 aromatic rings. The van der Waals surface area contributed by atoms with Crippen molar-refractivity contribution in [3.8, 4) is 0 Å². The molecule has 1 aromatic heterocycles. The molecule has 0 aliphatic carbocycles. The van der Waals surface area contributed by atoms with Gasteiger partial charge in [0.1, 0.15) is 0 Å². The summed E-state index contributed by atoms with van der Waals surface area (Å²) in [5.41, 5.74) is 1.65. The summed E-state index contributed by atoms with van der Waals surface area (Å²) in [6, 6.07) is 6.94. The van der Waals surface area contributed by atoms with Crippen LogP contribution in [0.25, 0.3) is 10.9 Å². The fraction of sp³-hybridized carbons (Fsp3) is 0.267. The predicted molar refractivity (Wildman–Crippen MR) is 77.0 cm³/mol. The molecule has 0 saturated heterocycles. The van der Waals surface area contributed by atoms with Crippen molar-refractivity contribution in [3.63, 3.8) is 0 Å². The number of esters is 1. The lowest BCUT2D eigenvalue weighted by atomic mass is 10.1.